The highest BCUT2D eigenvalue weighted by atomic mass is 15.3. The van der Waals surface area contributed by atoms with E-state index in [0.717, 1.165) is 0 Å². The van der Waals surface area contributed by atoms with Crippen LogP contribution in [-0.4, -0.2) is 99.1 Å². The third-order valence-corrected chi connectivity index (χ3v) is 4.14. The first-order valence-electron chi connectivity index (χ1n) is 8.06. The lowest BCUT2D eigenvalue weighted by molar-refractivity contribution is 0.128. The monoisotopic (exact) mass is 270 g/mol. The summed E-state index contributed by atoms with van der Waals surface area (Å²) in [6.07, 6.45) is 1.34. The quantitative estimate of drug-likeness (QED) is 0.752. The van der Waals surface area contributed by atoms with Crippen molar-refractivity contribution < 1.29 is 0 Å². The minimum atomic E-state index is 1.24. The van der Waals surface area contributed by atoms with Crippen LogP contribution in [0.1, 0.15) is 20.3 Å². The molecule has 4 heteroatoms. The van der Waals surface area contributed by atoms with Crippen molar-refractivity contribution in [1.29, 1.82) is 0 Å². The van der Waals surface area contributed by atoms with Gasteiger partial charge in [-0.15, -0.1) is 0 Å². The van der Waals surface area contributed by atoms with Gasteiger partial charge in [0.1, 0.15) is 0 Å². The number of likely N-dealkylation sites (N-methyl/N-ethyl adjacent to an activating group) is 2. The molecule has 0 spiro atoms. The minimum absolute atomic E-state index is 1.24. The molecule has 2 heterocycles. The second-order valence-corrected chi connectivity index (χ2v) is 5.64. The van der Waals surface area contributed by atoms with E-state index in [1.54, 1.807) is 0 Å². The third kappa shape index (κ3) is 6.70. The molecule has 2 aliphatic rings. The summed E-state index contributed by atoms with van der Waals surface area (Å²) in [6.45, 7) is 16.6. The average molecular weight is 270 g/mol. The molecule has 2 fully saturated rings. The SMILES string of the molecule is CC.CN1CCN(CCCN2CCN(C)CC2)CC1. The molecule has 2 saturated heterocycles. The fourth-order valence-corrected chi connectivity index (χ4v) is 2.66. The van der Waals surface area contributed by atoms with Crippen molar-refractivity contribution in [3.8, 4) is 0 Å². The predicted octanol–water partition coefficient (Wildman–Crippen LogP) is 0.898. The fraction of sp³-hybridized carbons (Fsp3) is 1.00. The Labute approximate surface area is 120 Å². The Bertz CT molecular complexity index is 184. The Balaban J connectivity index is 0.000000861. The molecular weight excluding hydrogens is 236 g/mol. The van der Waals surface area contributed by atoms with Crippen LogP contribution in [0.5, 0.6) is 0 Å². The summed E-state index contributed by atoms with van der Waals surface area (Å²) in [4.78, 5) is 10.1. The predicted molar refractivity (Wildman–Crippen MR) is 83.8 cm³/mol. The number of rotatable bonds is 4. The van der Waals surface area contributed by atoms with Gasteiger partial charge < -0.3 is 19.6 Å². The first-order chi connectivity index (χ1) is 9.24. The van der Waals surface area contributed by atoms with Gasteiger partial charge in [-0.1, -0.05) is 13.8 Å². The first-order valence-corrected chi connectivity index (χ1v) is 8.06. The van der Waals surface area contributed by atoms with Gasteiger partial charge in [-0.05, 0) is 33.6 Å². The number of piperazine rings is 2. The van der Waals surface area contributed by atoms with Crippen LogP contribution in [0.4, 0.5) is 0 Å². The Morgan fingerprint density at radius 3 is 1.21 bits per heavy atom. The summed E-state index contributed by atoms with van der Waals surface area (Å²) in [5, 5.41) is 0. The normalized spacial score (nSPS) is 24.0. The second-order valence-electron chi connectivity index (χ2n) is 5.64. The van der Waals surface area contributed by atoms with Crippen LogP contribution in [0, 0.1) is 0 Å². The topological polar surface area (TPSA) is 13.0 Å². The maximum absolute atomic E-state index is 2.62. The molecule has 4 nitrogen and oxygen atoms in total. The molecule has 2 rings (SSSR count). The van der Waals surface area contributed by atoms with Crippen LogP contribution in [0.25, 0.3) is 0 Å². The van der Waals surface area contributed by atoms with Gasteiger partial charge in [0.05, 0.1) is 0 Å². The van der Waals surface area contributed by atoms with Gasteiger partial charge in [0, 0.05) is 52.4 Å². The molecule has 2 aliphatic heterocycles. The van der Waals surface area contributed by atoms with E-state index in [9.17, 15) is 0 Å². The minimum Gasteiger partial charge on any atom is -0.304 e. The molecule has 0 N–H and O–H groups in total. The van der Waals surface area contributed by atoms with Crippen molar-refractivity contribution in [3.63, 3.8) is 0 Å². The summed E-state index contributed by atoms with van der Waals surface area (Å²) >= 11 is 0. The summed E-state index contributed by atoms with van der Waals surface area (Å²) in [5.41, 5.74) is 0. The molecule has 19 heavy (non-hydrogen) atoms. The smallest absolute Gasteiger partial charge is 0.0110 e. The van der Waals surface area contributed by atoms with Crippen molar-refractivity contribution in [3.05, 3.63) is 0 Å². The van der Waals surface area contributed by atoms with Gasteiger partial charge in [-0.3, -0.25) is 0 Å². The van der Waals surface area contributed by atoms with Crippen molar-refractivity contribution in [1.82, 2.24) is 19.6 Å². The Kier molecular flexibility index (Phi) is 8.62. The van der Waals surface area contributed by atoms with Crippen LogP contribution in [-0.2, 0) is 0 Å². The highest BCUT2D eigenvalue weighted by Gasteiger charge is 2.15. The van der Waals surface area contributed by atoms with Crippen molar-refractivity contribution in [2.45, 2.75) is 20.3 Å². The number of nitrogens with zero attached hydrogens (tertiary/aromatic N) is 4. The van der Waals surface area contributed by atoms with Crippen LogP contribution >= 0.6 is 0 Å². The molecule has 0 aromatic carbocycles. The molecule has 0 saturated carbocycles. The molecular formula is C15H34N4. The van der Waals surface area contributed by atoms with Crippen molar-refractivity contribution in [2.24, 2.45) is 0 Å². The molecule has 0 aliphatic carbocycles. The number of hydrogen-bond donors (Lipinski definition) is 0. The Morgan fingerprint density at radius 2 is 0.895 bits per heavy atom. The van der Waals surface area contributed by atoms with Crippen LogP contribution in [0.2, 0.25) is 0 Å². The molecule has 0 unspecified atom stereocenters. The van der Waals surface area contributed by atoms with Gasteiger partial charge >= 0.3 is 0 Å². The van der Waals surface area contributed by atoms with Gasteiger partial charge in [0.2, 0.25) is 0 Å². The lowest BCUT2D eigenvalue weighted by Crippen LogP contribution is -2.47. The summed E-state index contributed by atoms with van der Waals surface area (Å²) in [7, 11) is 4.45. The highest BCUT2D eigenvalue weighted by Crippen LogP contribution is 2.03. The van der Waals surface area contributed by atoms with Crippen LogP contribution in [0.3, 0.4) is 0 Å². The van der Waals surface area contributed by atoms with E-state index in [0.29, 0.717) is 0 Å². The standard InChI is InChI=1S/C13H28N4.C2H6/c1-14-6-10-16(11-7-14)4-3-5-17-12-8-15(2)9-13-17;1-2/h3-13H2,1-2H3;1-2H3. The molecule has 114 valence electrons. The summed E-state index contributed by atoms with van der Waals surface area (Å²) in [5.74, 6) is 0. The zero-order valence-corrected chi connectivity index (χ0v) is 13.6. The summed E-state index contributed by atoms with van der Waals surface area (Å²) in [6, 6.07) is 0. The molecule has 0 aromatic heterocycles. The maximum atomic E-state index is 2.62. The molecule has 0 radical (unpaired) electrons. The van der Waals surface area contributed by atoms with Gasteiger partial charge in [-0.25, -0.2) is 0 Å². The van der Waals surface area contributed by atoms with Crippen LogP contribution < -0.4 is 0 Å². The zero-order valence-electron chi connectivity index (χ0n) is 13.6. The van der Waals surface area contributed by atoms with Crippen molar-refractivity contribution >= 4 is 0 Å². The largest absolute Gasteiger partial charge is 0.304 e. The first kappa shape index (κ1) is 16.9. The van der Waals surface area contributed by atoms with E-state index in [2.05, 4.69) is 33.7 Å². The van der Waals surface area contributed by atoms with E-state index < -0.39 is 0 Å². The molecule has 0 aromatic rings. The maximum Gasteiger partial charge on any atom is 0.0110 e. The van der Waals surface area contributed by atoms with Gasteiger partial charge in [-0.2, -0.15) is 0 Å². The molecule has 0 bridgehead atoms. The highest BCUT2D eigenvalue weighted by molar-refractivity contribution is 4.72. The van der Waals surface area contributed by atoms with Crippen molar-refractivity contribution in [2.75, 3.05) is 79.5 Å². The van der Waals surface area contributed by atoms with E-state index in [1.807, 2.05) is 13.8 Å². The third-order valence-electron chi connectivity index (χ3n) is 4.14. The lowest BCUT2D eigenvalue weighted by atomic mass is 10.2. The van der Waals surface area contributed by atoms with Gasteiger partial charge in [0.15, 0.2) is 0 Å². The molecule has 0 amide bonds. The zero-order chi connectivity index (χ0) is 14.1. The summed E-state index contributed by atoms with van der Waals surface area (Å²) < 4.78 is 0. The second kappa shape index (κ2) is 9.70. The number of hydrogen-bond acceptors (Lipinski definition) is 4. The van der Waals surface area contributed by atoms with E-state index >= 15 is 0 Å². The Hall–Kier alpha value is -0.160. The van der Waals surface area contributed by atoms with E-state index in [-0.39, 0.29) is 0 Å². The average Bonchev–Trinajstić information content (AvgIpc) is 2.45. The van der Waals surface area contributed by atoms with E-state index in [1.165, 1.54) is 71.9 Å². The molecule has 0 atom stereocenters. The lowest BCUT2D eigenvalue weighted by Gasteiger charge is -2.34. The van der Waals surface area contributed by atoms with Crippen LogP contribution in [0.15, 0.2) is 0 Å². The Morgan fingerprint density at radius 1 is 0.579 bits per heavy atom. The van der Waals surface area contributed by atoms with E-state index in [4.69, 9.17) is 0 Å². The van der Waals surface area contributed by atoms with Gasteiger partial charge in [0.25, 0.3) is 0 Å². The fourth-order valence-electron chi connectivity index (χ4n) is 2.66.